The average Bonchev–Trinajstić information content (AvgIpc) is 2.74. The highest BCUT2D eigenvalue weighted by Crippen LogP contribution is 2.41. The van der Waals surface area contributed by atoms with Crippen molar-refractivity contribution in [2.45, 2.75) is 45.4 Å². The lowest BCUT2D eigenvalue weighted by molar-refractivity contribution is -0.137. The first-order chi connectivity index (χ1) is 14.6. The molecule has 2 aromatic carbocycles. The molecule has 3 heterocycles. The van der Waals surface area contributed by atoms with Crippen molar-refractivity contribution in [3.05, 3.63) is 46.1 Å². The Labute approximate surface area is 188 Å². The Morgan fingerprint density at radius 3 is 2.81 bits per heavy atom. The molecule has 0 aliphatic carbocycles. The van der Waals surface area contributed by atoms with E-state index in [9.17, 15) is 4.79 Å². The highest BCUT2D eigenvalue weighted by atomic mass is 35.5. The number of hydrogen-bond donors (Lipinski definition) is 1. The number of nitrogens with zero attached hydrogens (tertiary/aromatic N) is 3. The Hall–Kier alpha value is -2.60. The van der Waals surface area contributed by atoms with Gasteiger partial charge in [0.05, 0.1) is 12.5 Å². The van der Waals surface area contributed by atoms with Gasteiger partial charge in [-0.2, -0.15) is 0 Å². The Balaban J connectivity index is 0.00000231. The van der Waals surface area contributed by atoms with E-state index in [0.717, 1.165) is 73.3 Å². The molecule has 0 saturated carbocycles. The third-order valence-electron chi connectivity index (χ3n) is 6.41. The lowest BCUT2D eigenvalue weighted by atomic mass is 10.00. The third-order valence-corrected chi connectivity index (χ3v) is 6.41. The number of hydrogen-bond acceptors (Lipinski definition) is 4. The van der Waals surface area contributed by atoms with E-state index >= 15 is 0 Å². The van der Waals surface area contributed by atoms with E-state index in [1.165, 1.54) is 23.2 Å². The summed E-state index contributed by atoms with van der Waals surface area (Å²) in [6.45, 7) is 6.00. The molecule has 0 aromatic heterocycles. The number of rotatable bonds is 5. The van der Waals surface area contributed by atoms with Gasteiger partial charge in [0.25, 0.3) is 0 Å². The molecule has 7 heteroatoms. The molecule has 2 aromatic rings. The lowest BCUT2D eigenvalue weighted by Gasteiger charge is -2.31. The Kier molecular flexibility index (Phi) is 6.19. The Bertz CT molecular complexity index is 1150. The van der Waals surface area contributed by atoms with Crippen molar-refractivity contribution in [2.75, 3.05) is 31.1 Å². The van der Waals surface area contributed by atoms with E-state index in [-0.39, 0.29) is 18.8 Å². The van der Waals surface area contributed by atoms with Crippen LogP contribution in [0, 0.1) is 0 Å². The van der Waals surface area contributed by atoms with Crippen LogP contribution in [0.5, 0.6) is 11.5 Å². The van der Waals surface area contributed by atoms with Crippen molar-refractivity contribution in [3.63, 3.8) is 0 Å². The van der Waals surface area contributed by atoms with Crippen LogP contribution >= 0.6 is 0 Å². The highest BCUT2D eigenvalue weighted by Gasteiger charge is 2.24. The van der Waals surface area contributed by atoms with Gasteiger partial charge < -0.3 is 27.2 Å². The van der Waals surface area contributed by atoms with Gasteiger partial charge in [-0.25, -0.2) is 9.57 Å². The summed E-state index contributed by atoms with van der Waals surface area (Å²) in [7, 11) is 0. The van der Waals surface area contributed by atoms with Crippen molar-refractivity contribution in [1.82, 2.24) is 4.58 Å². The standard InChI is InChI=1S/C24H27N3O3.ClH/c1-2-26-9-3-6-16-12-18-22(14-20(16)26)30-23-15-21-17(13-19(23)25-18)7-4-10-27(21)11-5-8-24(28)29;/h12-15H,2-11H2,1H3;1H. The number of aryl methyl sites for hydroxylation is 2. The quantitative estimate of drug-likeness (QED) is 0.558. The van der Waals surface area contributed by atoms with Crippen molar-refractivity contribution in [1.29, 1.82) is 0 Å². The van der Waals surface area contributed by atoms with Gasteiger partial charge >= 0.3 is 5.97 Å². The number of aliphatic carboxylic acids is 1. The molecule has 5 rings (SSSR count). The Morgan fingerprint density at radius 2 is 2.00 bits per heavy atom. The molecule has 0 bridgehead atoms. The minimum atomic E-state index is -0.735. The summed E-state index contributed by atoms with van der Waals surface area (Å²) in [5.74, 6) is 0.890. The summed E-state index contributed by atoms with van der Waals surface area (Å²) in [5, 5.41) is 11.0. The van der Waals surface area contributed by atoms with E-state index in [2.05, 4.69) is 40.7 Å². The van der Waals surface area contributed by atoms with Crippen LogP contribution in [-0.4, -0.2) is 37.3 Å². The molecule has 164 valence electrons. The average molecular weight is 442 g/mol. The molecule has 3 aliphatic heterocycles. The smallest absolute Gasteiger partial charge is 0.303 e. The largest absolute Gasteiger partial charge is 1.00 e. The fraction of sp³-hybridized carbons (Fsp3) is 0.458. The van der Waals surface area contributed by atoms with Crippen molar-refractivity contribution in [3.8, 4) is 11.5 Å². The molecule has 0 fully saturated rings. The van der Waals surface area contributed by atoms with Gasteiger partial charge in [-0.15, -0.1) is 0 Å². The van der Waals surface area contributed by atoms with Crippen LogP contribution in [0.25, 0.3) is 0 Å². The fourth-order valence-electron chi connectivity index (χ4n) is 4.92. The van der Waals surface area contributed by atoms with E-state index < -0.39 is 5.97 Å². The maximum absolute atomic E-state index is 10.9. The van der Waals surface area contributed by atoms with Gasteiger partial charge in [-0.1, -0.05) is 0 Å². The van der Waals surface area contributed by atoms with Gasteiger partial charge in [-0.3, -0.25) is 4.79 Å². The van der Waals surface area contributed by atoms with E-state index in [4.69, 9.17) is 14.8 Å². The zero-order valence-corrected chi connectivity index (χ0v) is 18.6. The number of ether oxygens (including phenoxy) is 1. The summed E-state index contributed by atoms with van der Waals surface area (Å²) in [6, 6.07) is 8.62. The normalized spacial score (nSPS) is 16.0. The monoisotopic (exact) mass is 441 g/mol. The second kappa shape index (κ2) is 8.87. The van der Waals surface area contributed by atoms with Crippen LogP contribution in [0.4, 0.5) is 11.4 Å². The van der Waals surface area contributed by atoms with Gasteiger partial charge in [-0.05, 0) is 43.9 Å². The van der Waals surface area contributed by atoms with Crippen LogP contribution in [0.15, 0.2) is 29.3 Å². The van der Waals surface area contributed by atoms with Crippen LogP contribution in [0.1, 0.15) is 43.7 Å². The first-order valence-corrected chi connectivity index (χ1v) is 11.1. The molecule has 6 nitrogen and oxygen atoms in total. The second-order valence-corrected chi connectivity index (χ2v) is 8.38. The third kappa shape index (κ3) is 4.13. The van der Waals surface area contributed by atoms with Crippen molar-refractivity contribution in [2.24, 2.45) is 4.99 Å². The predicted octanol–water partition coefficient (Wildman–Crippen LogP) is -0.178. The fourth-order valence-corrected chi connectivity index (χ4v) is 4.92. The van der Waals surface area contributed by atoms with Crippen LogP contribution in [0.3, 0.4) is 0 Å². The van der Waals surface area contributed by atoms with Crippen molar-refractivity contribution < 1.29 is 27.0 Å². The van der Waals surface area contributed by atoms with Gasteiger partial charge in [0.1, 0.15) is 24.1 Å². The summed E-state index contributed by atoms with van der Waals surface area (Å²) in [5.41, 5.74) is 4.84. The topological polar surface area (TPSA) is 65.1 Å². The number of carbonyl (C=O) groups is 1. The molecule has 0 radical (unpaired) electrons. The zero-order chi connectivity index (χ0) is 20.7. The Morgan fingerprint density at radius 1 is 1.16 bits per heavy atom. The molecule has 0 spiro atoms. The number of carboxylic acids is 1. The number of benzene rings is 2. The lowest BCUT2D eigenvalue weighted by Crippen LogP contribution is -3.00. The van der Waals surface area contributed by atoms with Crippen LogP contribution in [-0.2, 0) is 17.6 Å². The summed E-state index contributed by atoms with van der Waals surface area (Å²) in [6.07, 6.45) is 5.24. The first kappa shape index (κ1) is 21.6. The molecule has 31 heavy (non-hydrogen) atoms. The summed E-state index contributed by atoms with van der Waals surface area (Å²) >= 11 is 0. The number of fused-ring (bicyclic) bond motifs is 4. The molecular weight excluding hydrogens is 414 g/mol. The molecule has 3 aliphatic rings. The van der Waals surface area contributed by atoms with Gasteiger partial charge in [0.15, 0.2) is 11.5 Å². The SMILES string of the molecule is CCN1CCCc2cc3c(cc21)Oc1cc2c(cc1=N3)CCC[N+]=2CCCC(=O)O.[Cl-]. The molecular formula is C24H28ClN3O3. The first-order valence-electron chi connectivity index (χ1n) is 11.1. The van der Waals surface area contributed by atoms with Crippen LogP contribution in [0.2, 0.25) is 0 Å². The zero-order valence-electron chi connectivity index (χ0n) is 17.9. The number of halogens is 1. The summed E-state index contributed by atoms with van der Waals surface area (Å²) < 4.78 is 8.65. The molecule has 0 atom stereocenters. The number of carboxylic acid groups (broad SMARTS) is 1. The van der Waals surface area contributed by atoms with E-state index in [0.29, 0.717) is 6.42 Å². The highest BCUT2D eigenvalue weighted by molar-refractivity contribution is 5.69. The molecule has 1 N–H and O–H groups in total. The second-order valence-electron chi connectivity index (χ2n) is 8.38. The molecule has 0 unspecified atom stereocenters. The predicted molar refractivity (Wildman–Crippen MR) is 116 cm³/mol. The van der Waals surface area contributed by atoms with Gasteiger partial charge in [0, 0.05) is 43.2 Å². The molecule has 0 saturated heterocycles. The van der Waals surface area contributed by atoms with E-state index in [1.54, 1.807) is 0 Å². The van der Waals surface area contributed by atoms with Crippen LogP contribution < -0.4 is 37.3 Å². The minimum Gasteiger partial charge on any atom is -1.00 e. The van der Waals surface area contributed by atoms with Crippen molar-refractivity contribution >= 4 is 17.3 Å². The van der Waals surface area contributed by atoms with Gasteiger partial charge in [0.2, 0.25) is 5.36 Å². The maximum atomic E-state index is 10.9. The van der Waals surface area contributed by atoms with E-state index in [1.807, 2.05) is 0 Å². The maximum Gasteiger partial charge on any atom is 0.303 e. The summed E-state index contributed by atoms with van der Waals surface area (Å²) in [4.78, 5) is 18.2. The number of anilines is 1. The molecule has 0 amide bonds. The minimum absolute atomic E-state index is 0.